The SMILES string of the molecule is Cc1ccc(C2SCC(=O)N2CCCO)o1. The highest BCUT2D eigenvalue weighted by Gasteiger charge is 2.34. The van der Waals surface area contributed by atoms with Crippen molar-refractivity contribution in [2.75, 3.05) is 18.9 Å². The van der Waals surface area contributed by atoms with E-state index < -0.39 is 0 Å². The molecule has 1 unspecified atom stereocenters. The molecule has 1 atom stereocenters. The minimum absolute atomic E-state index is 0.0206. The highest BCUT2D eigenvalue weighted by atomic mass is 32.2. The van der Waals surface area contributed by atoms with Crippen molar-refractivity contribution >= 4 is 17.7 Å². The number of hydrogen-bond acceptors (Lipinski definition) is 4. The Labute approximate surface area is 98.6 Å². The Morgan fingerprint density at radius 2 is 2.44 bits per heavy atom. The van der Waals surface area contributed by atoms with Crippen LogP contribution in [0.2, 0.25) is 0 Å². The molecule has 1 fully saturated rings. The Morgan fingerprint density at radius 3 is 3.06 bits per heavy atom. The number of furan rings is 1. The van der Waals surface area contributed by atoms with E-state index in [1.165, 1.54) is 0 Å². The van der Waals surface area contributed by atoms with Crippen molar-refractivity contribution in [3.63, 3.8) is 0 Å². The number of aryl methyl sites for hydroxylation is 1. The van der Waals surface area contributed by atoms with Crippen molar-refractivity contribution in [3.05, 3.63) is 23.7 Å². The van der Waals surface area contributed by atoms with Crippen LogP contribution in [-0.2, 0) is 4.79 Å². The van der Waals surface area contributed by atoms with E-state index in [0.29, 0.717) is 18.7 Å². The summed E-state index contributed by atoms with van der Waals surface area (Å²) < 4.78 is 5.55. The van der Waals surface area contributed by atoms with Crippen LogP contribution in [0.15, 0.2) is 16.5 Å². The molecule has 5 heteroatoms. The summed E-state index contributed by atoms with van der Waals surface area (Å²) in [6.45, 7) is 2.59. The van der Waals surface area contributed by atoms with Crippen LogP contribution in [-0.4, -0.2) is 34.8 Å². The van der Waals surface area contributed by atoms with Gasteiger partial charge in [0.15, 0.2) is 0 Å². The summed E-state index contributed by atoms with van der Waals surface area (Å²) in [5.74, 6) is 2.30. The number of hydrogen-bond donors (Lipinski definition) is 1. The van der Waals surface area contributed by atoms with Gasteiger partial charge in [-0.2, -0.15) is 0 Å². The topological polar surface area (TPSA) is 53.7 Å². The van der Waals surface area contributed by atoms with E-state index >= 15 is 0 Å². The molecule has 1 aromatic heterocycles. The molecule has 1 amide bonds. The lowest BCUT2D eigenvalue weighted by atomic mass is 10.3. The Kier molecular flexibility index (Phi) is 3.56. The standard InChI is InChI=1S/C11H15NO3S/c1-8-3-4-9(15-8)11-12(5-2-6-13)10(14)7-16-11/h3-4,11,13H,2,5-7H2,1H3. The number of aliphatic hydroxyl groups excluding tert-OH is 1. The van der Waals surface area contributed by atoms with E-state index in [9.17, 15) is 4.79 Å². The van der Waals surface area contributed by atoms with Gasteiger partial charge >= 0.3 is 0 Å². The predicted octanol–water partition coefficient (Wildman–Crippen LogP) is 1.54. The van der Waals surface area contributed by atoms with Gasteiger partial charge in [0.1, 0.15) is 16.9 Å². The first-order chi connectivity index (χ1) is 7.72. The van der Waals surface area contributed by atoms with Gasteiger partial charge in [-0.3, -0.25) is 4.79 Å². The zero-order valence-electron chi connectivity index (χ0n) is 9.18. The summed E-state index contributed by atoms with van der Waals surface area (Å²) in [6, 6.07) is 3.82. The molecule has 1 aromatic rings. The number of carbonyl (C=O) groups is 1. The average Bonchev–Trinajstić information content (AvgIpc) is 2.82. The fourth-order valence-electron chi connectivity index (χ4n) is 1.76. The second-order valence-corrected chi connectivity index (χ2v) is 4.84. The van der Waals surface area contributed by atoms with E-state index in [-0.39, 0.29) is 17.9 Å². The Hall–Kier alpha value is -0.940. The largest absolute Gasteiger partial charge is 0.463 e. The third-order valence-corrected chi connectivity index (χ3v) is 3.75. The lowest BCUT2D eigenvalue weighted by molar-refractivity contribution is -0.128. The zero-order valence-corrected chi connectivity index (χ0v) is 10.00. The lowest BCUT2D eigenvalue weighted by Crippen LogP contribution is -2.29. The molecule has 88 valence electrons. The van der Waals surface area contributed by atoms with E-state index in [1.54, 1.807) is 16.7 Å². The summed E-state index contributed by atoms with van der Waals surface area (Å²) in [6.07, 6.45) is 0.614. The van der Waals surface area contributed by atoms with Gasteiger partial charge in [-0.05, 0) is 25.5 Å². The van der Waals surface area contributed by atoms with Crippen molar-refractivity contribution in [3.8, 4) is 0 Å². The van der Waals surface area contributed by atoms with Crippen LogP contribution in [0, 0.1) is 6.92 Å². The van der Waals surface area contributed by atoms with Crippen molar-refractivity contribution < 1.29 is 14.3 Å². The lowest BCUT2D eigenvalue weighted by Gasteiger charge is -2.21. The Bertz CT molecular complexity index is 377. The minimum atomic E-state index is -0.0206. The number of thioether (sulfide) groups is 1. The van der Waals surface area contributed by atoms with Crippen LogP contribution in [0.5, 0.6) is 0 Å². The third-order valence-electron chi connectivity index (χ3n) is 2.53. The molecule has 0 spiro atoms. The highest BCUT2D eigenvalue weighted by molar-refractivity contribution is 8.00. The second kappa shape index (κ2) is 4.93. The highest BCUT2D eigenvalue weighted by Crippen LogP contribution is 2.39. The maximum absolute atomic E-state index is 11.7. The molecule has 1 aliphatic heterocycles. The molecular formula is C11H15NO3S. The molecule has 0 bridgehead atoms. The number of nitrogens with zero attached hydrogens (tertiary/aromatic N) is 1. The third kappa shape index (κ3) is 2.25. The molecule has 2 heterocycles. The zero-order chi connectivity index (χ0) is 11.5. The van der Waals surface area contributed by atoms with Crippen LogP contribution in [0.1, 0.15) is 23.3 Å². The summed E-state index contributed by atoms with van der Waals surface area (Å²) in [5, 5.41) is 8.78. The molecule has 1 aliphatic rings. The van der Waals surface area contributed by atoms with Crippen molar-refractivity contribution in [2.45, 2.75) is 18.7 Å². The van der Waals surface area contributed by atoms with Crippen LogP contribution < -0.4 is 0 Å². The first kappa shape index (κ1) is 11.5. The number of amides is 1. The monoisotopic (exact) mass is 241 g/mol. The number of rotatable bonds is 4. The maximum atomic E-state index is 11.7. The molecule has 1 saturated heterocycles. The van der Waals surface area contributed by atoms with Crippen LogP contribution in [0.4, 0.5) is 0 Å². The predicted molar refractivity (Wildman–Crippen MR) is 62.1 cm³/mol. The van der Waals surface area contributed by atoms with Gasteiger partial charge in [0.05, 0.1) is 5.75 Å². The molecule has 16 heavy (non-hydrogen) atoms. The van der Waals surface area contributed by atoms with E-state index in [2.05, 4.69) is 0 Å². The first-order valence-electron chi connectivity index (χ1n) is 5.30. The quantitative estimate of drug-likeness (QED) is 0.869. The van der Waals surface area contributed by atoms with Gasteiger partial charge in [0.2, 0.25) is 5.91 Å². The Balaban J connectivity index is 2.11. The Morgan fingerprint density at radius 1 is 1.62 bits per heavy atom. The fourth-order valence-corrected chi connectivity index (χ4v) is 2.92. The van der Waals surface area contributed by atoms with Crippen molar-refractivity contribution in [2.24, 2.45) is 0 Å². The molecular weight excluding hydrogens is 226 g/mol. The van der Waals surface area contributed by atoms with Gasteiger partial charge in [0.25, 0.3) is 0 Å². The number of aliphatic hydroxyl groups is 1. The van der Waals surface area contributed by atoms with E-state index in [1.807, 2.05) is 19.1 Å². The van der Waals surface area contributed by atoms with Crippen molar-refractivity contribution in [1.29, 1.82) is 0 Å². The first-order valence-corrected chi connectivity index (χ1v) is 6.35. The molecule has 0 aliphatic carbocycles. The van der Waals surface area contributed by atoms with Crippen LogP contribution in [0.3, 0.4) is 0 Å². The summed E-state index contributed by atoms with van der Waals surface area (Å²) in [5.41, 5.74) is 0. The molecule has 0 saturated carbocycles. The van der Waals surface area contributed by atoms with Gasteiger partial charge in [0, 0.05) is 13.2 Å². The maximum Gasteiger partial charge on any atom is 0.233 e. The van der Waals surface area contributed by atoms with Gasteiger partial charge in [-0.1, -0.05) is 0 Å². The average molecular weight is 241 g/mol. The molecule has 0 aromatic carbocycles. The molecule has 4 nitrogen and oxygen atoms in total. The normalized spacial score (nSPS) is 20.8. The van der Waals surface area contributed by atoms with Crippen LogP contribution >= 0.6 is 11.8 Å². The van der Waals surface area contributed by atoms with Crippen molar-refractivity contribution in [1.82, 2.24) is 4.90 Å². The smallest absolute Gasteiger partial charge is 0.233 e. The number of carbonyl (C=O) groups excluding carboxylic acids is 1. The summed E-state index contributed by atoms with van der Waals surface area (Å²) >= 11 is 1.58. The van der Waals surface area contributed by atoms with Gasteiger partial charge in [-0.15, -0.1) is 11.8 Å². The van der Waals surface area contributed by atoms with Gasteiger partial charge < -0.3 is 14.4 Å². The summed E-state index contributed by atoms with van der Waals surface area (Å²) in [7, 11) is 0. The van der Waals surface area contributed by atoms with E-state index in [4.69, 9.17) is 9.52 Å². The fraction of sp³-hybridized carbons (Fsp3) is 0.545. The van der Waals surface area contributed by atoms with E-state index in [0.717, 1.165) is 11.5 Å². The van der Waals surface area contributed by atoms with Gasteiger partial charge in [-0.25, -0.2) is 0 Å². The van der Waals surface area contributed by atoms with Crippen LogP contribution in [0.25, 0.3) is 0 Å². The minimum Gasteiger partial charge on any atom is -0.463 e. The molecule has 0 radical (unpaired) electrons. The molecule has 2 rings (SSSR count). The second-order valence-electron chi connectivity index (χ2n) is 3.78. The molecule has 1 N–H and O–H groups in total. The summed E-state index contributed by atoms with van der Waals surface area (Å²) in [4.78, 5) is 13.4.